The fourth-order valence-corrected chi connectivity index (χ4v) is 2.66. The highest BCUT2D eigenvalue weighted by molar-refractivity contribution is 6.58. The van der Waals surface area contributed by atoms with Crippen LogP contribution >= 0.6 is 23.2 Å². The van der Waals surface area contributed by atoms with Gasteiger partial charge >= 0.3 is 5.97 Å². The van der Waals surface area contributed by atoms with Gasteiger partial charge in [-0.25, -0.2) is 9.18 Å². The first-order valence-corrected chi connectivity index (χ1v) is 7.17. The Kier molecular flexibility index (Phi) is 5.46. The first-order valence-electron chi connectivity index (χ1n) is 6.41. The molecular formula is C14H13Cl2FN2O4. The molecule has 1 aromatic rings. The first-order chi connectivity index (χ1) is 10.9. The van der Waals surface area contributed by atoms with Crippen molar-refractivity contribution in [1.29, 1.82) is 0 Å². The van der Waals surface area contributed by atoms with Crippen LogP contribution in [0, 0.1) is 5.82 Å². The van der Waals surface area contributed by atoms with Gasteiger partial charge in [0.25, 0.3) is 0 Å². The molecular weight excluding hydrogens is 350 g/mol. The average molecular weight is 363 g/mol. The molecule has 2 rings (SSSR count). The van der Waals surface area contributed by atoms with Crippen molar-refractivity contribution in [2.75, 3.05) is 14.2 Å². The average Bonchev–Trinajstić information content (AvgIpc) is 2.55. The number of halogens is 3. The van der Waals surface area contributed by atoms with Crippen LogP contribution in [0.3, 0.4) is 0 Å². The van der Waals surface area contributed by atoms with Gasteiger partial charge < -0.3 is 9.47 Å². The molecule has 1 unspecified atom stereocenters. The Balaban J connectivity index is 2.53. The number of nitrogens with one attached hydrogen (secondary N) is 1. The fraction of sp³-hybridized carbons (Fsp3) is 0.286. The number of hydrogen-bond acceptors (Lipinski definition) is 6. The lowest BCUT2D eigenvalue weighted by molar-refractivity contribution is -0.132. The number of aliphatic imine (C=N–C) groups is 1. The van der Waals surface area contributed by atoms with Crippen molar-refractivity contribution in [3.05, 3.63) is 39.3 Å². The minimum atomic E-state index is -0.813. The summed E-state index contributed by atoms with van der Waals surface area (Å²) in [5.41, 5.74) is 1.96. The largest absolute Gasteiger partial charge is 0.492 e. The second kappa shape index (κ2) is 7.16. The van der Waals surface area contributed by atoms with Crippen molar-refractivity contribution in [2.24, 2.45) is 4.99 Å². The highest BCUT2D eigenvalue weighted by Gasteiger charge is 2.31. The number of nitrogens with zero attached hydrogens (tertiary/aromatic N) is 1. The Morgan fingerprint density at radius 1 is 1.43 bits per heavy atom. The van der Waals surface area contributed by atoms with Crippen LogP contribution in [0.1, 0.15) is 18.0 Å². The molecule has 124 valence electrons. The zero-order valence-electron chi connectivity index (χ0n) is 12.2. The van der Waals surface area contributed by atoms with Crippen molar-refractivity contribution in [2.45, 2.75) is 12.5 Å². The van der Waals surface area contributed by atoms with Crippen LogP contribution in [-0.4, -0.2) is 31.1 Å². The number of rotatable bonds is 4. The number of esters is 1. The van der Waals surface area contributed by atoms with Gasteiger partial charge in [-0.3, -0.25) is 15.7 Å². The summed E-state index contributed by atoms with van der Waals surface area (Å²) >= 11 is 11.8. The van der Waals surface area contributed by atoms with E-state index < -0.39 is 17.8 Å². The third kappa shape index (κ3) is 3.26. The zero-order valence-corrected chi connectivity index (χ0v) is 13.7. The summed E-state index contributed by atoms with van der Waals surface area (Å²) < 4.78 is 24.1. The topological polar surface area (TPSA) is 80.2 Å². The summed E-state index contributed by atoms with van der Waals surface area (Å²) in [4.78, 5) is 15.9. The summed E-state index contributed by atoms with van der Waals surface area (Å²) in [6.45, 7) is 0. The molecule has 1 aliphatic rings. The number of ether oxygens (including phenoxy) is 2. The van der Waals surface area contributed by atoms with Crippen molar-refractivity contribution in [1.82, 2.24) is 5.48 Å². The summed E-state index contributed by atoms with van der Waals surface area (Å²) in [5, 5.41) is 9.19. The molecule has 0 bridgehead atoms. The van der Waals surface area contributed by atoms with E-state index in [1.807, 2.05) is 5.48 Å². The Morgan fingerprint density at radius 2 is 2.13 bits per heavy atom. The number of hydrogen-bond donors (Lipinski definition) is 2. The van der Waals surface area contributed by atoms with Gasteiger partial charge in [0.2, 0.25) is 0 Å². The molecule has 0 saturated carbocycles. The second-order valence-electron chi connectivity index (χ2n) is 4.58. The Bertz CT molecular complexity index is 706. The van der Waals surface area contributed by atoms with Gasteiger partial charge in [-0.1, -0.05) is 29.3 Å². The van der Waals surface area contributed by atoms with Crippen LogP contribution in [0.5, 0.6) is 5.75 Å². The Labute approximate surface area is 141 Å². The maximum absolute atomic E-state index is 14.5. The lowest BCUT2D eigenvalue weighted by Gasteiger charge is -2.23. The van der Waals surface area contributed by atoms with Crippen LogP contribution in [0.2, 0.25) is 5.02 Å². The number of carbonyl (C=O) groups excluding carboxylic acids is 1. The third-order valence-corrected chi connectivity index (χ3v) is 4.02. The molecule has 0 aromatic heterocycles. The summed E-state index contributed by atoms with van der Waals surface area (Å²) in [7, 11) is 2.45. The van der Waals surface area contributed by atoms with Gasteiger partial charge in [0.05, 0.1) is 36.0 Å². The van der Waals surface area contributed by atoms with Crippen molar-refractivity contribution in [3.8, 4) is 5.75 Å². The minimum Gasteiger partial charge on any atom is -0.492 e. The lowest BCUT2D eigenvalue weighted by Crippen LogP contribution is -2.26. The molecule has 0 spiro atoms. The van der Waals surface area contributed by atoms with Crippen molar-refractivity contribution < 1.29 is 23.9 Å². The lowest BCUT2D eigenvalue weighted by atomic mass is 9.98. The quantitative estimate of drug-likeness (QED) is 0.635. The van der Waals surface area contributed by atoms with Gasteiger partial charge in [-0.2, -0.15) is 0 Å². The van der Waals surface area contributed by atoms with E-state index in [4.69, 9.17) is 27.9 Å². The normalized spacial score (nSPS) is 17.7. The van der Waals surface area contributed by atoms with E-state index >= 15 is 0 Å². The van der Waals surface area contributed by atoms with E-state index in [2.05, 4.69) is 9.73 Å². The molecule has 1 aliphatic heterocycles. The number of hydroxylamine groups is 1. The highest BCUT2D eigenvalue weighted by atomic mass is 35.5. The molecule has 1 atom stereocenters. The minimum absolute atomic E-state index is 0.0531. The molecule has 9 heteroatoms. The van der Waals surface area contributed by atoms with Crippen molar-refractivity contribution in [3.63, 3.8) is 0 Å². The van der Waals surface area contributed by atoms with E-state index in [0.29, 0.717) is 0 Å². The summed E-state index contributed by atoms with van der Waals surface area (Å²) in [6.07, 6.45) is 0.0531. The SMILES string of the molecule is COC(=O)C1=NC(c2ccc(Cl)c(OC)c2F)CC(NO)=C1Cl. The molecule has 0 aliphatic carbocycles. The molecule has 6 nitrogen and oxygen atoms in total. The Morgan fingerprint density at radius 3 is 2.70 bits per heavy atom. The number of carbonyl (C=O) groups is 1. The van der Waals surface area contributed by atoms with Crippen molar-refractivity contribution >= 4 is 34.9 Å². The molecule has 1 heterocycles. The molecule has 0 radical (unpaired) electrons. The number of dihydropyridines is 1. The van der Waals surface area contributed by atoms with Crippen LogP contribution in [0.15, 0.2) is 27.9 Å². The zero-order chi connectivity index (χ0) is 17.1. The maximum atomic E-state index is 14.5. The van der Waals surface area contributed by atoms with Crippen LogP contribution in [0.4, 0.5) is 4.39 Å². The second-order valence-corrected chi connectivity index (χ2v) is 5.36. The molecule has 1 aromatic carbocycles. The van der Waals surface area contributed by atoms with Gasteiger partial charge in [0.15, 0.2) is 17.3 Å². The highest BCUT2D eigenvalue weighted by Crippen LogP contribution is 2.38. The molecule has 23 heavy (non-hydrogen) atoms. The fourth-order valence-electron chi connectivity index (χ4n) is 2.19. The predicted octanol–water partition coefficient (Wildman–Crippen LogP) is 2.98. The monoisotopic (exact) mass is 362 g/mol. The van der Waals surface area contributed by atoms with E-state index in [1.54, 1.807) is 0 Å². The standard InChI is InChI=1S/C14H13Cl2FN2O4/c1-22-13-7(15)4-3-6(11(13)17)8-5-9(19-21)10(16)12(18-8)14(20)23-2/h3-4,8,19,21H,5H2,1-2H3. The summed E-state index contributed by atoms with van der Waals surface area (Å²) in [5.74, 6) is -1.62. The summed E-state index contributed by atoms with van der Waals surface area (Å²) in [6, 6.07) is 2.07. The molecule has 0 fully saturated rings. The number of methoxy groups -OCH3 is 2. The van der Waals surface area contributed by atoms with E-state index in [1.165, 1.54) is 19.2 Å². The van der Waals surface area contributed by atoms with Gasteiger partial charge in [-0.15, -0.1) is 0 Å². The first kappa shape index (κ1) is 17.5. The third-order valence-electron chi connectivity index (χ3n) is 3.31. The van der Waals surface area contributed by atoms with E-state index in [-0.39, 0.29) is 39.2 Å². The smallest absolute Gasteiger partial charge is 0.357 e. The van der Waals surface area contributed by atoms with E-state index in [0.717, 1.165) is 7.11 Å². The molecule has 0 saturated heterocycles. The number of benzene rings is 1. The van der Waals surface area contributed by atoms with E-state index in [9.17, 15) is 14.4 Å². The molecule has 2 N–H and O–H groups in total. The van der Waals surface area contributed by atoms with Crippen LogP contribution in [0.25, 0.3) is 0 Å². The van der Waals surface area contributed by atoms with Gasteiger partial charge in [0.1, 0.15) is 0 Å². The van der Waals surface area contributed by atoms with Crippen LogP contribution < -0.4 is 10.2 Å². The van der Waals surface area contributed by atoms with Gasteiger partial charge in [0, 0.05) is 12.0 Å². The maximum Gasteiger partial charge on any atom is 0.357 e. The Hall–Kier alpha value is -1.83. The van der Waals surface area contributed by atoms with Gasteiger partial charge in [-0.05, 0) is 6.07 Å². The van der Waals surface area contributed by atoms with Crippen LogP contribution in [-0.2, 0) is 9.53 Å². The molecule has 0 amide bonds. The predicted molar refractivity (Wildman–Crippen MR) is 82.6 cm³/mol.